The van der Waals surface area contributed by atoms with E-state index in [0.717, 1.165) is 10.0 Å². The van der Waals surface area contributed by atoms with Gasteiger partial charge in [0.15, 0.2) is 0 Å². The van der Waals surface area contributed by atoms with Crippen LogP contribution in [-0.2, 0) is 4.79 Å². The molecule has 0 aromatic heterocycles. The van der Waals surface area contributed by atoms with Gasteiger partial charge >= 0.3 is 5.97 Å². The van der Waals surface area contributed by atoms with Gasteiger partial charge in [-0.1, -0.05) is 34.1 Å². The van der Waals surface area contributed by atoms with Gasteiger partial charge in [-0.3, -0.25) is 4.79 Å². The summed E-state index contributed by atoms with van der Waals surface area (Å²) in [5, 5.41) is 22.9. The first-order valence-electron chi connectivity index (χ1n) is 7.34. The van der Waals surface area contributed by atoms with Crippen molar-refractivity contribution in [2.24, 2.45) is 5.92 Å². The maximum Gasteiger partial charge on any atom is 0.306 e. The number of halogens is 1. The van der Waals surface area contributed by atoms with Crippen LogP contribution in [0.5, 0.6) is 0 Å². The zero-order valence-electron chi connectivity index (χ0n) is 12.2. The Labute approximate surface area is 133 Å². The summed E-state index contributed by atoms with van der Waals surface area (Å²) < 4.78 is 1.05. The molecule has 1 fully saturated rings. The number of hydrogen-bond donors (Lipinski definition) is 3. The van der Waals surface area contributed by atoms with Crippen molar-refractivity contribution < 1.29 is 15.0 Å². The van der Waals surface area contributed by atoms with Crippen molar-refractivity contribution in [3.05, 3.63) is 34.3 Å². The van der Waals surface area contributed by atoms with Gasteiger partial charge in [0, 0.05) is 17.1 Å². The summed E-state index contributed by atoms with van der Waals surface area (Å²) in [7, 11) is 0. The zero-order valence-corrected chi connectivity index (χ0v) is 13.8. The molecule has 3 N–H and O–H groups in total. The van der Waals surface area contributed by atoms with Crippen LogP contribution in [0.2, 0.25) is 0 Å². The van der Waals surface area contributed by atoms with E-state index in [1.807, 2.05) is 24.3 Å². The summed E-state index contributed by atoms with van der Waals surface area (Å²) >= 11 is 3.53. The van der Waals surface area contributed by atoms with E-state index in [1.54, 1.807) is 0 Å². The Hall–Kier alpha value is -0.910. The van der Waals surface area contributed by atoms with E-state index in [2.05, 4.69) is 28.2 Å². The number of nitrogens with one attached hydrogen (secondary N) is 1. The SMILES string of the molecule is C[C@@H](NCC1(O)CCC(C(=O)O)CC1)c1ccccc1Br. The monoisotopic (exact) mass is 355 g/mol. The second-order valence-corrected chi connectivity index (χ2v) is 6.82. The fraction of sp³-hybridized carbons (Fsp3) is 0.562. The summed E-state index contributed by atoms with van der Waals surface area (Å²) in [6, 6.07) is 8.14. The fourth-order valence-corrected chi connectivity index (χ4v) is 3.49. The maximum absolute atomic E-state index is 11.0. The van der Waals surface area contributed by atoms with Crippen molar-refractivity contribution in [1.29, 1.82) is 0 Å². The molecular weight excluding hydrogens is 334 g/mol. The zero-order chi connectivity index (χ0) is 15.5. The van der Waals surface area contributed by atoms with Gasteiger partial charge in [-0.2, -0.15) is 0 Å². The Bertz CT molecular complexity index is 498. The van der Waals surface area contributed by atoms with E-state index in [1.165, 1.54) is 0 Å². The molecule has 0 heterocycles. The summed E-state index contributed by atoms with van der Waals surface area (Å²) in [5.41, 5.74) is 0.363. The molecule has 21 heavy (non-hydrogen) atoms. The van der Waals surface area contributed by atoms with E-state index in [0.29, 0.717) is 32.2 Å². The lowest BCUT2D eigenvalue weighted by Crippen LogP contribution is -2.45. The number of benzene rings is 1. The molecule has 0 spiro atoms. The third-order valence-corrected chi connectivity index (χ3v) is 5.10. The van der Waals surface area contributed by atoms with Crippen LogP contribution in [0.4, 0.5) is 0 Å². The molecule has 0 aliphatic heterocycles. The average molecular weight is 356 g/mol. The van der Waals surface area contributed by atoms with Gasteiger partial charge in [0.1, 0.15) is 0 Å². The van der Waals surface area contributed by atoms with Crippen LogP contribution in [0.25, 0.3) is 0 Å². The molecule has 5 heteroatoms. The third-order valence-electron chi connectivity index (χ3n) is 4.37. The number of carbonyl (C=O) groups is 1. The smallest absolute Gasteiger partial charge is 0.306 e. The molecule has 0 unspecified atom stereocenters. The Balaban J connectivity index is 1.88. The molecule has 1 atom stereocenters. The summed E-state index contributed by atoms with van der Waals surface area (Å²) in [6.07, 6.45) is 2.19. The molecule has 116 valence electrons. The number of carboxylic acid groups (broad SMARTS) is 1. The predicted octanol–water partition coefficient (Wildman–Crippen LogP) is 3.11. The van der Waals surface area contributed by atoms with Crippen LogP contribution in [0.1, 0.15) is 44.2 Å². The van der Waals surface area contributed by atoms with Gasteiger partial charge in [-0.25, -0.2) is 0 Å². The van der Waals surface area contributed by atoms with Crippen molar-refractivity contribution in [2.75, 3.05) is 6.54 Å². The first-order valence-corrected chi connectivity index (χ1v) is 8.13. The summed E-state index contributed by atoms with van der Waals surface area (Å²) in [5.74, 6) is -1.04. The molecule has 0 bridgehead atoms. The Morgan fingerprint density at radius 3 is 2.62 bits per heavy atom. The predicted molar refractivity (Wildman–Crippen MR) is 85.1 cm³/mol. The minimum atomic E-state index is -0.790. The molecule has 0 radical (unpaired) electrons. The summed E-state index contributed by atoms with van der Waals surface area (Å²) in [4.78, 5) is 11.0. The molecule has 1 aromatic rings. The maximum atomic E-state index is 11.0. The van der Waals surface area contributed by atoms with E-state index in [9.17, 15) is 9.90 Å². The molecular formula is C16H22BrNO3. The Morgan fingerprint density at radius 1 is 1.43 bits per heavy atom. The van der Waals surface area contributed by atoms with Crippen LogP contribution in [-0.4, -0.2) is 28.3 Å². The van der Waals surface area contributed by atoms with Gasteiger partial charge in [-0.05, 0) is 44.2 Å². The molecule has 0 amide bonds. The van der Waals surface area contributed by atoms with Crippen molar-refractivity contribution >= 4 is 21.9 Å². The largest absolute Gasteiger partial charge is 0.481 e. The normalized spacial score (nSPS) is 27.3. The molecule has 1 aliphatic rings. The van der Waals surface area contributed by atoms with Gasteiger partial charge in [0.2, 0.25) is 0 Å². The van der Waals surface area contributed by atoms with Gasteiger partial charge in [-0.15, -0.1) is 0 Å². The second-order valence-electron chi connectivity index (χ2n) is 5.96. The van der Waals surface area contributed by atoms with Crippen LogP contribution in [0, 0.1) is 5.92 Å². The third kappa shape index (κ3) is 4.28. The summed E-state index contributed by atoms with van der Waals surface area (Å²) in [6.45, 7) is 2.55. The van der Waals surface area contributed by atoms with Crippen LogP contribution in [0.3, 0.4) is 0 Å². The lowest BCUT2D eigenvalue weighted by Gasteiger charge is -2.35. The highest BCUT2D eigenvalue weighted by Crippen LogP contribution is 2.32. The van der Waals surface area contributed by atoms with E-state index >= 15 is 0 Å². The van der Waals surface area contributed by atoms with Crippen molar-refractivity contribution in [3.8, 4) is 0 Å². The number of carboxylic acids is 1. The number of hydrogen-bond acceptors (Lipinski definition) is 3. The average Bonchev–Trinajstić information content (AvgIpc) is 2.46. The van der Waals surface area contributed by atoms with Crippen molar-refractivity contribution in [3.63, 3.8) is 0 Å². The quantitative estimate of drug-likeness (QED) is 0.758. The molecule has 1 aromatic carbocycles. The minimum Gasteiger partial charge on any atom is -0.481 e. The van der Waals surface area contributed by atoms with Crippen LogP contribution < -0.4 is 5.32 Å². The topological polar surface area (TPSA) is 69.6 Å². The van der Waals surface area contributed by atoms with Gasteiger partial charge < -0.3 is 15.5 Å². The highest BCUT2D eigenvalue weighted by Gasteiger charge is 2.35. The molecule has 2 rings (SSSR count). The number of aliphatic hydroxyl groups is 1. The fourth-order valence-electron chi connectivity index (χ4n) is 2.86. The highest BCUT2D eigenvalue weighted by molar-refractivity contribution is 9.10. The Kier molecular flexibility index (Phi) is 5.41. The standard InChI is InChI=1S/C16H22BrNO3/c1-11(13-4-2-3-5-14(13)17)18-10-16(21)8-6-12(7-9-16)15(19)20/h2-5,11-12,18,21H,6-10H2,1H3,(H,19,20)/t11-,12?,16?/m1/s1. The minimum absolute atomic E-state index is 0.127. The number of rotatable bonds is 5. The van der Waals surface area contributed by atoms with Gasteiger partial charge in [0.25, 0.3) is 0 Å². The van der Waals surface area contributed by atoms with Crippen LogP contribution in [0.15, 0.2) is 28.7 Å². The van der Waals surface area contributed by atoms with E-state index in [-0.39, 0.29) is 12.0 Å². The molecule has 0 saturated heterocycles. The second kappa shape index (κ2) is 6.90. The molecule has 1 aliphatic carbocycles. The van der Waals surface area contributed by atoms with Crippen molar-refractivity contribution in [1.82, 2.24) is 5.32 Å². The van der Waals surface area contributed by atoms with E-state index in [4.69, 9.17) is 5.11 Å². The first kappa shape index (κ1) is 16.5. The van der Waals surface area contributed by atoms with E-state index < -0.39 is 11.6 Å². The van der Waals surface area contributed by atoms with Crippen molar-refractivity contribution in [2.45, 2.75) is 44.2 Å². The first-order chi connectivity index (χ1) is 9.91. The lowest BCUT2D eigenvalue weighted by atomic mass is 9.78. The lowest BCUT2D eigenvalue weighted by molar-refractivity contribution is -0.144. The highest BCUT2D eigenvalue weighted by atomic mass is 79.9. The van der Waals surface area contributed by atoms with Crippen LogP contribution >= 0.6 is 15.9 Å². The van der Waals surface area contributed by atoms with Gasteiger partial charge in [0.05, 0.1) is 11.5 Å². The number of aliphatic carboxylic acids is 1. The molecule has 4 nitrogen and oxygen atoms in total. The molecule has 1 saturated carbocycles. The Morgan fingerprint density at radius 2 is 2.05 bits per heavy atom.